The number of nitrogens with one attached hydrogen (secondary N) is 1. The number of aromatic nitrogens is 1. The Hall–Kier alpha value is -2.82. The zero-order chi connectivity index (χ0) is 19.7. The second-order valence-corrected chi connectivity index (χ2v) is 7.17. The quantitative estimate of drug-likeness (QED) is 0.411. The van der Waals surface area contributed by atoms with Crippen LogP contribution in [0.5, 0.6) is 0 Å². The minimum atomic E-state index is -0.342. The van der Waals surface area contributed by atoms with Gasteiger partial charge in [0.1, 0.15) is 5.52 Å². The van der Waals surface area contributed by atoms with Gasteiger partial charge < -0.3 is 9.73 Å². The Morgan fingerprint density at radius 1 is 1.04 bits per heavy atom. The van der Waals surface area contributed by atoms with Gasteiger partial charge in [0.05, 0.1) is 10.6 Å². The molecule has 4 nitrogen and oxygen atoms in total. The van der Waals surface area contributed by atoms with Gasteiger partial charge in [0.25, 0.3) is 5.91 Å². The second-order valence-electron chi connectivity index (χ2n) is 6.33. The van der Waals surface area contributed by atoms with Crippen molar-refractivity contribution >= 4 is 45.9 Å². The summed E-state index contributed by atoms with van der Waals surface area (Å²) in [5, 5.41) is 3.60. The van der Waals surface area contributed by atoms with E-state index in [9.17, 15) is 4.79 Å². The smallest absolute Gasteiger partial charge is 0.257 e. The van der Waals surface area contributed by atoms with E-state index in [1.54, 1.807) is 30.3 Å². The molecule has 1 N–H and O–H groups in total. The van der Waals surface area contributed by atoms with Crippen LogP contribution in [-0.2, 0) is 6.42 Å². The number of amides is 1. The van der Waals surface area contributed by atoms with Crippen molar-refractivity contribution in [1.29, 1.82) is 0 Å². The van der Waals surface area contributed by atoms with E-state index < -0.39 is 0 Å². The zero-order valence-electron chi connectivity index (χ0n) is 15.0. The lowest BCUT2D eigenvalue weighted by Gasteiger charge is -2.07. The van der Waals surface area contributed by atoms with E-state index in [1.807, 2.05) is 12.1 Å². The molecule has 0 bridgehead atoms. The maximum atomic E-state index is 12.5. The number of oxazole rings is 1. The van der Waals surface area contributed by atoms with Crippen molar-refractivity contribution in [3.05, 3.63) is 81.8 Å². The number of carbonyl (C=O) groups is 1. The fraction of sp³-hybridized carbons (Fsp3) is 0.0909. The van der Waals surface area contributed by atoms with Gasteiger partial charge in [-0.1, -0.05) is 42.3 Å². The number of nitrogens with zero attached hydrogens (tertiary/aromatic N) is 1. The van der Waals surface area contributed by atoms with Crippen molar-refractivity contribution in [3.8, 4) is 11.5 Å². The van der Waals surface area contributed by atoms with Gasteiger partial charge in [0.15, 0.2) is 5.58 Å². The molecule has 1 aromatic heterocycles. The second kappa shape index (κ2) is 7.66. The normalized spacial score (nSPS) is 11.0. The highest BCUT2D eigenvalue weighted by Crippen LogP contribution is 2.27. The van der Waals surface area contributed by atoms with Crippen molar-refractivity contribution in [1.82, 2.24) is 4.98 Å². The summed E-state index contributed by atoms with van der Waals surface area (Å²) < 4.78 is 5.84. The Morgan fingerprint density at radius 3 is 2.57 bits per heavy atom. The Balaban J connectivity index is 1.60. The molecule has 4 aromatic rings. The van der Waals surface area contributed by atoms with Gasteiger partial charge in [-0.05, 0) is 60.5 Å². The number of fused-ring (bicyclic) bond motifs is 1. The molecule has 0 saturated carbocycles. The van der Waals surface area contributed by atoms with E-state index in [0.717, 1.165) is 12.0 Å². The highest BCUT2D eigenvalue weighted by molar-refractivity contribution is 6.36. The Morgan fingerprint density at radius 2 is 1.82 bits per heavy atom. The van der Waals surface area contributed by atoms with Crippen molar-refractivity contribution in [3.63, 3.8) is 0 Å². The van der Waals surface area contributed by atoms with Crippen molar-refractivity contribution in [2.75, 3.05) is 5.32 Å². The number of hydrogen-bond donors (Lipinski definition) is 1. The van der Waals surface area contributed by atoms with Crippen molar-refractivity contribution in [2.45, 2.75) is 13.3 Å². The third-order valence-corrected chi connectivity index (χ3v) is 4.99. The lowest BCUT2D eigenvalue weighted by atomic mass is 10.1. The highest BCUT2D eigenvalue weighted by atomic mass is 35.5. The molecular formula is C22H16Cl2N2O2. The standard InChI is InChI=1S/C22H16Cl2N2O2/c1-2-13-3-5-14(6-4-13)22-26-19-12-16(8-10-20(19)28-22)25-21(27)17-11-15(23)7-9-18(17)24/h3-12H,2H2,1H3,(H,25,27). The highest BCUT2D eigenvalue weighted by Gasteiger charge is 2.13. The number of anilines is 1. The van der Waals surface area contributed by atoms with Crippen LogP contribution in [0, 0.1) is 0 Å². The fourth-order valence-corrected chi connectivity index (χ4v) is 3.26. The first-order chi connectivity index (χ1) is 13.5. The monoisotopic (exact) mass is 410 g/mol. The van der Waals surface area contributed by atoms with Gasteiger partial charge in [0, 0.05) is 16.3 Å². The van der Waals surface area contributed by atoms with Crippen LogP contribution in [0.4, 0.5) is 5.69 Å². The predicted octanol–water partition coefficient (Wildman–Crippen LogP) is 6.62. The summed E-state index contributed by atoms with van der Waals surface area (Å²) in [6.07, 6.45) is 0.980. The third kappa shape index (κ3) is 3.75. The lowest BCUT2D eigenvalue weighted by molar-refractivity contribution is 0.102. The van der Waals surface area contributed by atoms with Gasteiger partial charge in [-0.25, -0.2) is 4.98 Å². The van der Waals surface area contributed by atoms with Crippen LogP contribution >= 0.6 is 23.2 Å². The SMILES string of the molecule is CCc1ccc(-c2nc3cc(NC(=O)c4cc(Cl)ccc4Cl)ccc3o2)cc1. The van der Waals surface area contributed by atoms with E-state index in [0.29, 0.717) is 38.3 Å². The molecule has 3 aromatic carbocycles. The Bertz CT molecular complexity index is 1170. The molecule has 1 amide bonds. The molecule has 0 aliphatic carbocycles. The molecule has 0 aliphatic rings. The molecule has 0 spiro atoms. The number of benzene rings is 3. The van der Waals surface area contributed by atoms with Crippen molar-refractivity contribution in [2.24, 2.45) is 0 Å². The maximum absolute atomic E-state index is 12.5. The molecule has 6 heteroatoms. The number of aryl methyl sites for hydroxylation is 1. The Labute approximate surface area is 172 Å². The van der Waals surface area contributed by atoms with Crippen LogP contribution in [0.3, 0.4) is 0 Å². The summed E-state index contributed by atoms with van der Waals surface area (Å²) in [6.45, 7) is 2.11. The molecule has 0 fully saturated rings. The van der Waals surface area contributed by atoms with E-state index in [2.05, 4.69) is 29.4 Å². The molecule has 1 heterocycles. The summed E-state index contributed by atoms with van der Waals surface area (Å²) in [5.41, 5.74) is 4.37. The van der Waals surface area contributed by atoms with E-state index in [-0.39, 0.29) is 5.91 Å². The predicted molar refractivity (Wildman–Crippen MR) is 113 cm³/mol. The maximum Gasteiger partial charge on any atom is 0.257 e. The van der Waals surface area contributed by atoms with E-state index >= 15 is 0 Å². The molecule has 140 valence electrons. The van der Waals surface area contributed by atoms with Crippen LogP contribution < -0.4 is 5.32 Å². The first-order valence-corrected chi connectivity index (χ1v) is 9.55. The van der Waals surface area contributed by atoms with Crippen LogP contribution in [0.25, 0.3) is 22.6 Å². The van der Waals surface area contributed by atoms with Crippen LogP contribution in [0.1, 0.15) is 22.8 Å². The number of hydrogen-bond acceptors (Lipinski definition) is 3. The molecule has 0 radical (unpaired) electrons. The Kier molecular flexibility index (Phi) is 5.07. The van der Waals surface area contributed by atoms with Gasteiger partial charge >= 0.3 is 0 Å². The van der Waals surface area contributed by atoms with Gasteiger partial charge in [-0.2, -0.15) is 0 Å². The molecular weight excluding hydrogens is 395 g/mol. The summed E-state index contributed by atoms with van der Waals surface area (Å²) >= 11 is 12.1. The van der Waals surface area contributed by atoms with Crippen LogP contribution in [0.15, 0.2) is 65.1 Å². The van der Waals surface area contributed by atoms with E-state index in [4.69, 9.17) is 27.6 Å². The summed E-state index contributed by atoms with van der Waals surface area (Å²) in [4.78, 5) is 17.1. The topological polar surface area (TPSA) is 55.1 Å². The fourth-order valence-electron chi connectivity index (χ4n) is 2.88. The average Bonchev–Trinajstić information content (AvgIpc) is 3.13. The average molecular weight is 411 g/mol. The molecule has 0 saturated heterocycles. The van der Waals surface area contributed by atoms with Gasteiger partial charge in [-0.15, -0.1) is 0 Å². The van der Waals surface area contributed by atoms with Crippen LogP contribution in [-0.4, -0.2) is 10.9 Å². The number of carbonyl (C=O) groups excluding carboxylic acids is 1. The summed E-state index contributed by atoms with van der Waals surface area (Å²) in [5.74, 6) is 0.199. The van der Waals surface area contributed by atoms with Crippen LogP contribution in [0.2, 0.25) is 10.0 Å². The number of halogens is 2. The first kappa shape index (κ1) is 18.5. The lowest BCUT2D eigenvalue weighted by Crippen LogP contribution is -2.12. The van der Waals surface area contributed by atoms with Gasteiger partial charge in [0.2, 0.25) is 5.89 Å². The molecule has 28 heavy (non-hydrogen) atoms. The molecule has 0 aliphatic heterocycles. The summed E-state index contributed by atoms with van der Waals surface area (Å²) in [6, 6.07) is 18.2. The third-order valence-electron chi connectivity index (χ3n) is 4.43. The first-order valence-electron chi connectivity index (χ1n) is 8.80. The molecule has 0 atom stereocenters. The molecule has 4 rings (SSSR count). The van der Waals surface area contributed by atoms with E-state index in [1.165, 1.54) is 11.6 Å². The minimum Gasteiger partial charge on any atom is -0.436 e. The van der Waals surface area contributed by atoms with Gasteiger partial charge in [-0.3, -0.25) is 4.79 Å². The number of rotatable bonds is 4. The zero-order valence-corrected chi connectivity index (χ0v) is 16.5. The van der Waals surface area contributed by atoms with Crippen molar-refractivity contribution < 1.29 is 9.21 Å². The summed E-state index contributed by atoms with van der Waals surface area (Å²) in [7, 11) is 0. The minimum absolute atomic E-state index is 0.311. The largest absolute Gasteiger partial charge is 0.436 e. The molecule has 0 unspecified atom stereocenters.